The van der Waals surface area contributed by atoms with Crippen LogP contribution in [0.5, 0.6) is 0 Å². The zero-order valence-electron chi connectivity index (χ0n) is 1.22. The van der Waals surface area contributed by atoms with Crippen LogP contribution in [0.25, 0.3) is 0 Å². The molecule has 0 aliphatic carbocycles. The second-order valence-corrected chi connectivity index (χ2v) is 0. The van der Waals surface area contributed by atoms with Gasteiger partial charge in [-0.3, -0.25) is 0 Å². The second-order valence-electron chi connectivity index (χ2n) is 0. The van der Waals surface area contributed by atoms with Gasteiger partial charge in [0.05, 0.1) is 0 Å². The minimum atomic E-state index is 0. The van der Waals surface area contributed by atoms with Gasteiger partial charge in [0.15, 0.2) is 0 Å². The first-order valence-corrected chi connectivity index (χ1v) is 0. The first-order chi connectivity index (χ1) is 0. The van der Waals surface area contributed by atoms with E-state index in [1.165, 1.54) is 0 Å². The van der Waals surface area contributed by atoms with Crippen LogP contribution in [0.3, 0.4) is 0 Å². The molecule has 4 heavy (non-hydrogen) atoms. The predicted octanol–water partition coefficient (Wildman–Crippen LogP) is 0.629. The summed E-state index contributed by atoms with van der Waals surface area (Å²) in [5.74, 6) is 0. The fourth-order valence-corrected chi connectivity index (χ4v) is 0. The van der Waals surface area contributed by atoms with Crippen LogP contribution in [-0.4, -0.2) is 0 Å². The number of hydrogen-bond acceptors (Lipinski definition) is 0. The van der Waals surface area contributed by atoms with E-state index in [4.69, 9.17) is 0 Å². The molecule has 0 amide bonds. The molecular formula is CH4MoS2. The van der Waals surface area contributed by atoms with Gasteiger partial charge in [-0.1, -0.05) is 7.43 Å². The van der Waals surface area contributed by atoms with E-state index in [9.17, 15) is 0 Å². The Morgan fingerprint density at radius 2 is 0.750 bits per heavy atom. The molecule has 0 nitrogen and oxygen atoms in total. The van der Waals surface area contributed by atoms with Crippen molar-refractivity contribution >= 4 is 27.0 Å². The Morgan fingerprint density at radius 1 is 0.750 bits per heavy atom. The fourth-order valence-electron chi connectivity index (χ4n) is 0. The Bertz CT molecular complexity index is 6.00. The Morgan fingerprint density at radius 3 is 0.750 bits per heavy atom. The molecule has 0 aliphatic heterocycles. The second kappa shape index (κ2) is 26.1. The monoisotopic (exact) mass is 178 g/mol. The molecule has 3 heteroatoms. The molecule has 0 radical (unpaired) electrons. The minimum absolute atomic E-state index is 0. The number of rotatable bonds is 0. The Balaban J connectivity index is 0. The van der Waals surface area contributed by atoms with Crippen LogP contribution < -0.4 is 0 Å². The zero-order valence-corrected chi connectivity index (χ0v) is 4.86. The van der Waals surface area contributed by atoms with Crippen LogP contribution in [0.1, 0.15) is 7.43 Å². The molecule has 0 aromatic carbocycles. The van der Waals surface area contributed by atoms with E-state index < -0.39 is 0 Å². The van der Waals surface area contributed by atoms with Gasteiger partial charge in [0, 0.05) is 0 Å². The van der Waals surface area contributed by atoms with Gasteiger partial charge in [0.2, 0.25) is 0 Å². The van der Waals surface area contributed by atoms with Gasteiger partial charge < -0.3 is 27.0 Å². The standard InChI is InChI=1S/CH4.Mo.2S/h1H4;;;/q;+4;2*-2. The minimum Gasteiger partial charge on any atom is -2.00 e. The molecule has 0 N–H and O–H groups in total. The summed E-state index contributed by atoms with van der Waals surface area (Å²) >= 11 is 0. The van der Waals surface area contributed by atoms with Crippen LogP contribution in [0.4, 0.5) is 0 Å². The molecule has 0 heterocycles. The van der Waals surface area contributed by atoms with Crippen LogP contribution in [0, 0.1) is 0 Å². The summed E-state index contributed by atoms with van der Waals surface area (Å²) in [7, 11) is 0. The van der Waals surface area contributed by atoms with Crippen molar-refractivity contribution in [3.05, 3.63) is 0 Å². The molecule has 0 unspecified atom stereocenters. The van der Waals surface area contributed by atoms with Crippen LogP contribution in [0.15, 0.2) is 0 Å². The van der Waals surface area contributed by atoms with E-state index >= 15 is 0 Å². The van der Waals surface area contributed by atoms with Gasteiger partial charge in [-0.15, -0.1) is 0 Å². The first kappa shape index (κ1) is 53.8. The quantitative estimate of drug-likeness (QED) is 0.475. The largest absolute Gasteiger partial charge is 4.00 e. The molecule has 0 bridgehead atoms. The van der Waals surface area contributed by atoms with Gasteiger partial charge >= 0.3 is 21.1 Å². The van der Waals surface area contributed by atoms with Gasteiger partial charge in [0.1, 0.15) is 0 Å². The van der Waals surface area contributed by atoms with Crippen molar-refractivity contribution in [2.24, 2.45) is 0 Å². The average molecular weight is 176 g/mol. The van der Waals surface area contributed by atoms with Crippen molar-refractivity contribution in [1.29, 1.82) is 0 Å². The van der Waals surface area contributed by atoms with E-state index in [0.717, 1.165) is 0 Å². The van der Waals surface area contributed by atoms with Gasteiger partial charge in [0.25, 0.3) is 0 Å². The third-order valence-electron chi connectivity index (χ3n) is 0. The summed E-state index contributed by atoms with van der Waals surface area (Å²) in [6.07, 6.45) is 0. The molecule has 26 valence electrons. The maximum Gasteiger partial charge on any atom is 4.00 e. The summed E-state index contributed by atoms with van der Waals surface area (Å²) in [4.78, 5) is 0. The van der Waals surface area contributed by atoms with Crippen molar-refractivity contribution in [3.8, 4) is 0 Å². The number of hydrogen-bond donors (Lipinski definition) is 0. The molecule has 0 aliphatic rings. The van der Waals surface area contributed by atoms with Gasteiger partial charge in [-0.25, -0.2) is 0 Å². The summed E-state index contributed by atoms with van der Waals surface area (Å²) in [6, 6.07) is 0. The maximum atomic E-state index is 0. The maximum absolute atomic E-state index is 0. The van der Waals surface area contributed by atoms with Gasteiger partial charge in [-0.05, 0) is 0 Å². The van der Waals surface area contributed by atoms with Crippen molar-refractivity contribution in [1.82, 2.24) is 0 Å². The van der Waals surface area contributed by atoms with Gasteiger partial charge in [-0.2, -0.15) is 0 Å². The summed E-state index contributed by atoms with van der Waals surface area (Å²) in [5.41, 5.74) is 0. The summed E-state index contributed by atoms with van der Waals surface area (Å²) in [6.45, 7) is 0. The molecule has 0 spiro atoms. The Labute approximate surface area is 55.5 Å². The Hall–Kier alpha value is 1.39. The third kappa shape index (κ3) is 10.0. The third-order valence-corrected chi connectivity index (χ3v) is 0. The van der Waals surface area contributed by atoms with Crippen LogP contribution in [-0.2, 0) is 48.1 Å². The summed E-state index contributed by atoms with van der Waals surface area (Å²) in [5, 5.41) is 0. The van der Waals surface area contributed by atoms with Crippen molar-refractivity contribution in [2.45, 2.75) is 7.43 Å². The molecule has 0 saturated heterocycles. The van der Waals surface area contributed by atoms with Crippen molar-refractivity contribution in [2.75, 3.05) is 0 Å². The van der Waals surface area contributed by atoms with E-state index in [1.54, 1.807) is 0 Å². The molecule has 0 fully saturated rings. The van der Waals surface area contributed by atoms with Crippen molar-refractivity contribution < 1.29 is 21.1 Å². The molecule has 0 saturated carbocycles. The molecule has 0 atom stereocenters. The first-order valence-electron chi connectivity index (χ1n) is 0. The Kier molecular flexibility index (Phi) is 352. The SMILES string of the molecule is C.[Mo+4].[S-2].[S-2]. The smallest absolute Gasteiger partial charge is 2.00 e. The zero-order chi connectivity index (χ0) is 0. The topological polar surface area (TPSA) is 0 Å². The molecule has 0 aromatic heterocycles. The van der Waals surface area contributed by atoms with Crippen molar-refractivity contribution in [3.63, 3.8) is 0 Å². The molecular weight excluding hydrogens is 172 g/mol. The van der Waals surface area contributed by atoms with E-state index in [-0.39, 0.29) is 55.5 Å². The van der Waals surface area contributed by atoms with E-state index in [0.29, 0.717) is 0 Å². The normalized spacial score (nSPS) is 0. The fraction of sp³-hybridized carbons (Fsp3) is 1.00. The van der Waals surface area contributed by atoms with E-state index in [2.05, 4.69) is 0 Å². The summed E-state index contributed by atoms with van der Waals surface area (Å²) < 4.78 is 0. The predicted molar refractivity (Wildman–Crippen MR) is 21.5 cm³/mol. The van der Waals surface area contributed by atoms with Crippen LogP contribution in [0.2, 0.25) is 0 Å². The van der Waals surface area contributed by atoms with E-state index in [1.807, 2.05) is 0 Å². The molecule has 0 aromatic rings. The molecule has 0 rings (SSSR count). The van der Waals surface area contributed by atoms with Crippen LogP contribution >= 0.6 is 0 Å². The average Bonchev–Trinajstić information content (AvgIpc) is 0.